The van der Waals surface area contributed by atoms with E-state index in [1.807, 2.05) is 31.2 Å². The Bertz CT molecular complexity index is 1100. The predicted octanol–water partition coefficient (Wildman–Crippen LogP) is 4.60. The lowest BCUT2D eigenvalue weighted by Gasteiger charge is -2.09. The molecule has 0 aliphatic carbocycles. The molecule has 0 saturated heterocycles. The largest absolute Gasteiger partial charge is 0.325 e. The summed E-state index contributed by atoms with van der Waals surface area (Å²) in [6.45, 7) is 2.04. The van der Waals surface area contributed by atoms with Crippen LogP contribution in [0.15, 0.2) is 47.6 Å². The molecule has 0 fully saturated rings. The van der Waals surface area contributed by atoms with Gasteiger partial charge in [0.1, 0.15) is 5.82 Å². The van der Waals surface area contributed by atoms with Crippen LogP contribution in [0.1, 0.15) is 18.3 Å². The van der Waals surface area contributed by atoms with Crippen LogP contribution in [0.5, 0.6) is 0 Å². The minimum absolute atomic E-state index is 0.0781. The molecule has 2 amide bonds. The molecule has 1 aromatic heterocycles. The number of anilines is 2. The molecule has 1 heterocycles. The summed E-state index contributed by atoms with van der Waals surface area (Å²) in [4.78, 5) is 24.7. The highest BCUT2D eigenvalue weighted by Gasteiger charge is 2.15. The van der Waals surface area contributed by atoms with E-state index in [1.54, 1.807) is 29.8 Å². The van der Waals surface area contributed by atoms with Gasteiger partial charge in [-0.2, -0.15) is 0 Å². The minimum Gasteiger partial charge on any atom is -0.325 e. The number of amides is 2. The summed E-state index contributed by atoms with van der Waals surface area (Å²) in [5.74, 6) is 0.201. The average molecular weight is 478 g/mol. The van der Waals surface area contributed by atoms with E-state index < -0.39 is 0 Å². The fourth-order valence-electron chi connectivity index (χ4n) is 2.82. The van der Waals surface area contributed by atoms with Gasteiger partial charge in [0.25, 0.3) is 0 Å². The summed E-state index contributed by atoms with van der Waals surface area (Å²) in [5, 5.41) is 15.2. The van der Waals surface area contributed by atoms with Crippen molar-refractivity contribution in [2.45, 2.75) is 24.9 Å². The van der Waals surface area contributed by atoms with E-state index in [4.69, 9.17) is 23.2 Å². The SMILES string of the molecule is CCc1ccccc1NC(=O)Cc1nnc(SCC(=O)Nc2ccc(Cl)cc2Cl)n1C. The third-order valence-electron chi connectivity index (χ3n) is 4.45. The molecule has 0 spiro atoms. The van der Waals surface area contributed by atoms with Crippen molar-refractivity contribution < 1.29 is 9.59 Å². The molecule has 0 radical (unpaired) electrons. The first-order valence-corrected chi connectivity index (χ1v) is 11.2. The standard InChI is InChI=1S/C21H21Cl2N5O2S/c1-3-13-6-4-5-7-16(13)24-19(29)11-18-26-27-21(28(18)2)31-12-20(30)25-17-9-8-14(22)10-15(17)23/h4-10H,3,11-12H2,1-2H3,(H,24,29)(H,25,30). The second-order valence-electron chi connectivity index (χ2n) is 6.65. The molecule has 3 rings (SSSR count). The van der Waals surface area contributed by atoms with Gasteiger partial charge in [-0.15, -0.1) is 10.2 Å². The Labute approximate surface area is 194 Å². The molecule has 2 aromatic carbocycles. The molecule has 0 bridgehead atoms. The van der Waals surface area contributed by atoms with E-state index in [-0.39, 0.29) is 24.0 Å². The van der Waals surface area contributed by atoms with Crippen molar-refractivity contribution in [3.05, 3.63) is 63.9 Å². The molecule has 31 heavy (non-hydrogen) atoms. The normalized spacial score (nSPS) is 10.7. The van der Waals surface area contributed by atoms with Gasteiger partial charge in [-0.1, -0.05) is 60.1 Å². The number of hydrogen-bond acceptors (Lipinski definition) is 5. The van der Waals surface area contributed by atoms with Gasteiger partial charge in [0, 0.05) is 17.8 Å². The van der Waals surface area contributed by atoms with E-state index in [2.05, 4.69) is 20.8 Å². The van der Waals surface area contributed by atoms with E-state index in [0.717, 1.165) is 17.7 Å². The summed E-state index contributed by atoms with van der Waals surface area (Å²) in [6, 6.07) is 12.5. The molecule has 162 valence electrons. The lowest BCUT2D eigenvalue weighted by Crippen LogP contribution is -2.18. The van der Waals surface area contributed by atoms with Crippen LogP contribution < -0.4 is 10.6 Å². The molecule has 0 aliphatic heterocycles. The number of aryl methyl sites for hydroxylation is 1. The Hall–Kier alpha value is -2.55. The molecule has 0 saturated carbocycles. The highest BCUT2D eigenvalue weighted by atomic mass is 35.5. The van der Waals surface area contributed by atoms with Crippen LogP contribution >= 0.6 is 35.0 Å². The molecule has 0 atom stereocenters. The third-order valence-corrected chi connectivity index (χ3v) is 6.02. The maximum Gasteiger partial charge on any atom is 0.234 e. The molecule has 7 nitrogen and oxygen atoms in total. The Morgan fingerprint density at radius 1 is 1.03 bits per heavy atom. The van der Waals surface area contributed by atoms with E-state index in [9.17, 15) is 9.59 Å². The van der Waals surface area contributed by atoms with Crippen molar-refractivity contribution in [3.8, 4) is 0 Å². The Balaban J connectivity index is 1.56. The highest BCUT2D eigenvalue weighted by Crippen LogP contribution is 2.26. The summed E-state index contributed by atoms with van der Waals surface area (Å²) in [7, 11) is 1.76. The fourth-order valence-corrected chi connectivity index (χ4v) is 4.01. The smallest absolute Gasteiger partial charge is 0.234 e. The van der Waals surface area contributed by atoms with Gasteiger partial charge in [-0.25, -0.2) is 0 Å². The highest BCUT2D eigenvalue weighted by molar-refractivity contribution is 7.99. The van der Waals surface area contributed by atoms with Gasteiger partial charge in [0.15, 0.2) is 5.16 Å². The van der Waals surface area contributed by atoms with E-state index in [0.29, 0.717) is 26.7 Å². The molecule has 2 N–H and O–H groups in total. The number of halogens is 2. The molecule has 3 aromatic rings. The third kappa shape index (κ3) is 6.22. The van der Waals surface area contributed by atoms with E-state index >= 15 is 0 Å². The van der Waals surface area contributed by atoms with Crippen LogP contribution in [-0.4, -0.2) is 32.3 Å². The quantitative estimate of drug-likeness (QED) is 0.462. The second kappa shape index (κ2) is 10.7. The van der Waals surface area contributed by atoms with Crippen molar-refractivity contribution in [3.63, 3.8) is 0 Å². The van der Waals surface area contributed by atoms with Crippen LogP contribution in [0.4, 0.5) is 11.4 Å². The van der Waals surface area contributed by atoms with Crippen molar-refractivity contribution >= 4 is 58.2 Å². The molecule has 10 heteroatoms. The van der Waals surface area contributed by atoms with Gasteiger partial charge >= 0.3 is 0 Å². The van der Waals surface area contributed by atoms with Gasteiger partial charge in [-0.3, -0.25) is 9.59 Å². The first-order valence-electron chi connectivity index (χ1n) is 9.51. The number of nitrogens with zero attached hydrogens (tertiary/aromatic N) is 3. The van der Waals surface area contributed by atoms with E-state index in [1.165, 1.54) is 11.8 Å². The topological polar surface area (TPSA) is 88.9 Å². The number of nitrogens with one attached hydrogen (secondary N) is 2. The molecule has 0 aliphatic rings. The van der Waals surface area contributed by atoms with Crippen LogP contribution in [0.25, 0.3) is 0 Å². The number of carbonyl (C=O) groups excluding carboxylic acids is 2. The van der Waals surface area contributed by atoms with Crippen LogP contribution in [0.2, 0.25) is 10.0 Å². The summed E-state index contributed by atoms with van der Waals surface area (Å²) < 4.78 is 1.71. The van der Waals surface area contributed by atoms with Crippen molar-refractivity contribution in [2.75, 3.05) is 16.4 Å². The first kappa shape index (κ1) is 23.1. The predicted molar refractivity (Wildman–Crippen MR) is 125 cm³/mol. The number of hydrogen-bond donors (Lipinski definition) is 2. The maximum atomic E-state index is 12.5. The van der Waals surface area contributed by atoms with Gasteiger partial charge in [-0.05, 0) is 36.2 Å². The number of rotatable bonds is 8. The Morgan fingerprint density at radius 3 is 2.52 bits per heavy atom. The zero-order valence-electron chi connectivity index (χ0n) is 17.0. The monoisotopic (exact) mass is 477 g/mol. The van der Waals surface area contributed by atoms with Crippen LogP contribution in [0, 0.1) is 0 Å². The number of thioether (sulfide) groups is 1. The number of carbonyl (C=O) groups is 2. The number of benzene rings is 2. The maximum absolute atomic E-state index is 12.5. The average Bonchev–Trinajstić information content (AvgIpc) is 3.08. The lowest BCUT2D eigenvalue weighted by atomic mass is 10.1. The summed E-state index contributed by atoms with van der Waals surface area (Å²) in [6.07, 6.45) is 0.902. The molecular weight excluding hydrogens is 457 g/mol. The van der Waals surface area contributed by atoms with Gasteiger partial charge in [0.2, 0.25) is 11.8 Å². The molecule has 0 unspecified atom stereocenters. The first-order chi connectivity index (χ1) is 14.9. The lowest BCUT2D eigenvalue weighted by molar-refractivity contribution is -0.116. The van der Waals surface area contributed by atoms with Gasteiger partial charge in [0.05, 0.1) is 22.9 Å². The number of para-hydroxylation sites is 1. The Morgan fingerprint density at radius 2 is 1.77 bits per heavy atom. The summed E-state index contributed by atoms with van der Waals surface area (Å²) in [5.41, 5.74) is 2.35. The Kier molecular flexibility index (Phi) is 7.95. The summed E-state index contributed by atoms with van der Waals surface area (Å²) >= 11 is 13.2. The zero-order chi connectivity index (χ0) is 22.4. The van der Waals surface area contributed by atoms with Gasteiger partial charge < -0.3 is 15.2 Å². The second-order valence-corrected chi connectivity index (χ2v) is 8.44. The van der Waals surface area contributed by atoms with Crippen molar-refractivity contribution in [2.24, 2.45) is 7.05 Å². The number of aromatic nitrogens is 3. The van der Waals surface area contributed by atoms with Crippen molar-refractivity contribution in [1.82, 2.24) is 14.8 Å². The van der Waals surface area contributed by atoms with Crippen LogP contribution in [-0.2, 0) is 29.5 Å². The fraction of sp³-hybridized carbons (Fsp3) is 0.238. The van der Waals surface area contributed by atoms with Crippen molar-refractivity contribution in [1.29, 1.82) is 0 Å². The minimum atomic E-state index is -0.243. The zero-order valence-corrected chi connectivity index (χ0v) is 19.3. The molecular formula is C21H21Cl2N5O2S. The van der Waals surface area contributed by atoms with Crippen LogP contribution in [0.3, 0.4) is 0 Å².